The zero-order valence-electron chi connectivity index (χ0n) is 12.0. The zero-order valence-corrected chi connectivity index (χ0v) is 12.7. The number of carbonyl (C=O) groups excluding carboxylic acids is 3. The average molecular weight is 319 g/mol. The number of imide groups is 1. The van der Waals surface area contributed by atoms with E-state index in [2.05, 4.69) is 5.43 Å². The van der Waals surface area contributed by atoms with Gasteiger partial charge in [-0.2, -0.15) is 5.01 Å². The van der Waals surface area contributed by atoms with E-state index in [0.29, 0.717) is 6.42 Å². The highest BCUT2D eigenvalue weighted by atomic mass is 35.5. The van der Waals surface area contributed by atoms with Crippen LogP contribution in [0.2, 0.25) is 5.02 Å². The Morgan fingerprint density at radius 2 is 2.00 bits per heavy atom. The van der Waals surface area contributed by atoms with E-state index < -0.39 is 11.8 Å². The molecule has 0 unspecified atom stereocenters. The topological polar surface area (TPSA) is 66.5 Å². The van der Waals surface area contributed by atoms with Crippen molar-refractivity contribution in [2.75, 3.05) is 0 Å². The van der Waals surface area contributed by atoms with E-state index in [1.54, 1.807) is 24.3 Å². The minimum atomic E-state index is -0.563. The minimum absolute atomic E-state index is 0.0163. The van der Waals surface area contributed by atoms with Crippen molar-refractivity contribution in [3.05, 3.63) is 47.0 Å². The summed E-state index contributed by atoms with van der Waals surface area (Å²) in [7, 11) is 0. The normalized spacial score (nSPS) is 27.0. The van der Waals surface area contributed by atoms with Crippen LogP contribution in [0.25, 0.3) is 0 Å². The first-order chi connectivity index (χ1) is 10.5. The molecule has 1 aliphatic heterocycles. The summed E-state index contributed by atoms with van der Waals surface area (Å²) in [6.07, 6.45) is 4.38. The number of nitrogens with zero attached hydrogens (tertiary/aromatic N) is 1. The van der Waals surface area contributed by atoms with Crippen molar-refractivity contribution in [3.8, 4) is 0 Å². The van der Waals surface area contributed by atoms with Gasteiger partial charge in [0.25, 0.3) is 17.7 Å². The smallest absolute Gasteiger partial charge is 0.271 e. The van der Waals surface area contributed by atoms with Gasteiger partial charge in [0.05, 0.1) is 22.4 Å². The zero-order chi connectivity index (χ0) is 15.9. The lowest BCUT2D eigenvalue weighted by atomic mass is 9.78. The molecule has 0 bridgehead atoms. The quantitative estimate of drug-likeness (QED) is 0.671. The Kier molecular flexibility index (Phi) is 3.74. The van der Waals surface area contributed by atoms with Gasteiger partial charge in [0.15, 0.2) is 0 Å². The molecule has 3 atom stereocenters. The molecule has 0 spiro atoms. The lowest BCUT2D eigenvalue weighted by Crippen LogP contribution is -2.46. The molecule has 1 N–H and O–H groups in total. The van der Waals surface area contributed by atoms with Gasteiger partial charge in [-0.25, -0.2) is 0 Å². The second-order valence-electron chi connectivity index (χ2n) is 5.59. The molecule has 5 nitrogen and oxygen atoms in total. The molecule has 0 aromatic heterocycles. The van der Waals surface area contributed by atoms with Crippen LogP contribution >= 0.6 is 11.6 Å². The largest absolute Gasteiger partial charge is 0.272 e. The number of benzene rings is 1. The van der Waals surface area contributed by atoms with Gasteiger partial charge in [0.1, 0.15) is 0 Å². The standard InChI is InChI=1S/C16H15ClN2O3/c1-9-5-4-7-11-13(9)16(22)19(15(11)21)18-14(20)10-6-2-3-8-12(10)17/h2-6,8-9,11,13H,7H2,1H3,(H,18,20)/t9-,11-,13+/m0/s1. The summed E-state index contributed by atoms with van der Waals surface area (Å²) in [5.74, 6) is -2.08. The number of fused-ring (bicyclic) bond motifs is 1. The van der Waals surface area contributed by atoms with Crippen molar-refractivity contribution in [2.24, 2.45) is 17.8 Å². The molecule has 2 aliphatic rings. The summed E-state index contributed by atoms with van der Waals surface area (Å²) in [6.45, 7) is 1.90. The predicted octanol–water partition coefficient (Wildman–Crippen LogP) is 2.18. The molecule has 22 heavy (non-hydrogen) atoms. The lowest BCUT2D eigenvalue weighted by Gasteiger charge is -2.22. The van der Waals surface area contributed by atoms with Crippen molar-refractivity contribution in [1.29, 1.82) is 0 Å². The number of hydrogen-bond acceptors (Lipinski definition) is 3. The van der Waals surface area contributed by atoms with E-state index in [-0.39, 0.29) is 34.2 Å². The van der Waals surface area contributed by atoms with Crippen LogP contribution in [0.1, 0.15) is 23.7 Å². The third kappa shape index (κ3) is 2.31. The highest BCUT2D eigenvalue weighted by Gasteiger charge is 2.50. The number of hydrogen-bond donors (Lipinski definition) is 1. The summed E-state index contributed by atoms with van der Waals surface area (Å²) < 4.78 is 0. The highest BCUT2D eigenvalue weighted by molar-refractivity contribution is 6.33. The highest BCUT2D eigenvalue weighted by Crippen LogP contribution is 2.37. The van der Waals surface area contributed by atoms with Crippen molar-refractivity contribution < 1.29 is 14.4 Å². The first kappa shape index (κ1) is 14.8. The number of amides is 3. The molecule has 1 saturated heterocycles. The third-order valence-corrected chi connectivity index (χ3v) is 4.53. The van der Waals surface area contributed by atoms with Gasteiger partial charge < -0.3 is 0 Å². The Hall–Kier alpha value is -2.14. The Morgan fingerprint density at radius 3 is 2.68 bits per heavy atom. The van der Waals surface area contributed by atoms with E-state index in [4.69, 9.17) is 11.6 Å². The number of hydrazine groups is 1. The fourth-order valence-corrected chi connectivity index (χ4v) is 3.29. The van der Waals surface area contributed by atoms with E-state index in [1.165, 1.54) is 0 Å². The van der Waals surface area contributed by atoms with Crippen molar-refractivity contribution in [2.45, 2.75) is 13.3 Å². The molecule has 1 aromatic carbocycles. The van der Waals surface area contributed by atoms with Crippen molar-refractivity contribution >= 4 is 29.3 Å². The summed E-state index contributed by atoms with van der Waals surface area (Å²) in [5.41, 5.74) is 2.62. The van der Waals surface area contributed by atoms with Gasteiger partial charge in [0.2, 0.25) is 0 Å². The second-order valence-corrected chi connectivity index (χ2v) is 6.00. The van der Waals surface area contributed by atoms with Gasteiger partial charge >= 0.3 is 0 Å². The van der Waals surface area contributed by atoms with Crippen LogP contribution in [0.15, 0.2) is 36.4 Å². The molecule has 3 amide bonds. The molecular weight excluding hydrogens is 304 g/mol. The van der Waals surface area contributed by atoms with Gasteiger partial charge in [-0.1, -0.05) is 42.8 Å². The van der Waals surface area contributed by atoms with Gasteiger partial charge in [-0.3, -0.25) is 19.8 Å². The fourth-order valence-electron chi connectivity index (χ4n) is 3.06. The molecule has 6 heteroatoms. The molecule has 1 aliphatic carbocycles. The van der Waals surface area contributed by atoms with Crippen LogP contribution in [0.4, 0.5) is 0 Å². The minimum Gasteiger partial charge on any atom is -0.272 e. The summed E-state index contributed by atoms with van der Waals surface area (Å²) in [6, 6.07) is 6.49. The molecule has 1 fully saturated rings. The van der Waals surface area contributed by atoms with Gasteiger partial charge in [-0.05, 0) is 24.5 Å². The maximum atomic E-state index is 12.4. The second kappa shape index (κ2) is 5.57. The number of nitrogens with one attached hydrogen (secondary N) is 1. The predicted molar refractivity (Wildman–Crippen MR) is 80.7 cm³/mol. The number of halogens is 1. The lowest BCUT2D eigenvalue weighted by molar-refractivity contribution is -0.142. The first-order valence-electron chi connectivity index (χ1n) is 7.10. The van der Waals surface area contributed by atoms with Crippen molar-refractivity contribution in [3.63, 3.8) is 0 Å². The van der Waals surface area contributed by atoms with Crippen LogP contribution in [0.3, 0.4) is 0 Å². The van der Waals surface area contributed by atoms with Crippen LogP contribution in [0.5, 0.6) is 0 Å². The molecule has 3 rings (SSSR count). The number of allylic oxidation sites excluding steroid dienone is 2. The summed E-state index contributed by atoms with van der Waals surface area (Å²) >= 11 is 5.96. The Morgan fingerprint density at radius 1 is 1.27 bits per heavy atom. The molecular formula is C16H15ClN2O3. The summed E-state index contributed by atoms with van der Waals surface area (Å²) in [4.78, 5) is 37.0. The molecule has 1 aromatic rings. The van der Waals surface area contributed by atoms with Crippen LogP contribution in [0, 0.1) is 17.8 Å². The van der Waals surface area contributed by atoms with Crippen molar-refractivity contribution in [1.82, 2.24) is 10.4 Å². The number of rotatable bonds is 2. The van der Waals surface area contributed by atoms with Crippen LogP contribution in [-0.4, -0.2) is 22.7 Å². The Labute approximate surface area is 132 Å². The van der Waals surface area contributed by atoms with Gasteiger partial charge in [-0.15, -0.1) is 0 Å². The number of carbonyl (C=O) groups is 3. The Balaban J connectivity index is 1.82. The fraction of sp³-hybridized carbons (Fsp3) is 0.312. The SMILES string of the molecule is C[C@H]1C=CC[C@@H]2C(=O)N(NC(=O)c3ccccc3Cl)C(=O)[C@@H]21. The maximum absolute atomic E-state index is 12.4. The van der Waals surface area contributed by atoms with Crippen LogP contribution < -0.4 is 5.43 Å². The first-order valence-corrected chi connectivity index (χ1v) is 7.48. The Bertz CT molecular complexity index is 686. The molecule has 0 saturated carbocycles. The van der Waals surface area contributed by atoms with E-state index in [9.17, 15) is 14.4 Å². The van der Waals surface area contributed by atoms with E-state index >= 15 is 0 Å². The average Bonchev–Trinajstić information content (AvgIpc) is 2.74. The monoisotopic (exact) mass is 318 g/mol. The van der Waals surface area contributed by atoms with Gasteiger partial charge in [0, 0.05) is 0 Å². The third-order valence-electron chi connectivity index (χ3n) is 4.20. The van der Waals surface area contributed by atoms with E-state index in [1.807, 2.05) is 19.1 Å². The summed E-state index contributed by atoms with van der Waals surface area (Å²) in [5, 5.41) is 1.12. The van der Waals surface area contributed by atoms with Crippen LogP contribution in [-0.2, 0) is 9.59 Å². The van der Waals surface area contributed by atoms with E-state index in [0.717, 1.165) is 5.01 Å². The molecule has 0 radical (unpaired) electrons. The maximum Gasteiger partial charge on any atom is 0.271 e. The molecule has 114 valence electrons. The molecule has 1 heterocycles.